The number of hydrogen-bond donors (Lipinski definition) is 1. The van der Waals surface area contributed by atoms with Gasteiger partial charge >= 0.3 is 0 Å². The quantitative estimate of drug-likeness (QED) is 0.566. The van der Waals surface area contributed by atoms with Crippen molar-refractivity contribution in [3.8, 4) is 5.69 Å². The Balaban J connectivity index is 1.36. The molecule has 1 aromatic carbocycles. The van der Waals surface area contributed by atoms with Gasteiger partial charge in [-0.05, 0) is 50.3 Å². The minimum atomic E-state index is -3.06. The molecule has 33 heavy (non-hydrogen) atoms. The van der Waals surface area contributed by atoms with Crippen LogP contribution in [0.15, 0.2) is 29.4 Å². The number of benzene rings is 1. The summed E-state index contributed by atoms with van der Waals surface area (Å²) >= 11 is 1.33. The number of nitrogens with one attached hydrogen (secondary N) is 1. The zero-order valence-corrected chi connectivity index (χ0v) is 20.1. The van der Waals surface area contributed by atoms with Crippen LogP contribution in [0, 0.1) is 0 Å². The second kappa shape index (κ2) is 8.75. The van der Waals surface area contributed by atoms with Crippen LogP contribution in [0.2, 0.25) is 0 Å². The Labute approximate surface area is 197 Å². The first-order valence-electron chi connectivity index (χ1n) is 11.3. The minimum absolute atomic E-state index is 0.0425. The van der Waals surface area contributed by atoms with Gasteiger partial charge in [0.05, 0.1) is 22.9 Å². The lowest BCUT2D eigenvalue weighted by molar-refractivity contribution is -0.130. The van der Waals surface area contributed by atoms with E-state index in [9.17, 15) is 18.0 Å². The summed E-state index contributed by atoms with van der Waals surface area (Å²) in [5.74, 6) is 1.43. The topological polar surface area (TPSA) is 114 Å². The molecular formula is C22H27N5O4S2. The van der Waals surface area contributed by atoms with Crippen molar-refractivity contribution in [2.45, 2.75) is 62.2 Å². The van der Waals surface area contributed by atoms with Crippen molar-refractivity contribution >= 4 is 39.1 Å². The van der Waals surface area contributed by atoms with Crippen molar-refractivity contribution in [3.63, 3.8) is 0 Å². The third-order valence-corrected chi connectivity index (χ3v) is 8.84. The Kier molecular flexibility index (Phi) is 5.94. The minimum Gasteiger partial charge on any atom is -0.335 e. The highest BCUT2D eigenvalue weighted by molar-refractivity contribution is 7.99. The fourth-order valence-electron chi connectivity index (χ4n) is 4.40. The van der Waals surface area contributed by atoms with Crippen LogP contribution in [0.25, 0.3) is 5.69 Å². The van der Waals surface area contributed by atoms with Crippen molar-refractivity contribution < 1.29 is 18.0 Å². The second-order valence-electron chi connectivity index (χ2n) is 9.06. The van der Waals surface area contributed by atoms with E-state index >= 15 is 0 Å². The van der Waals surface area contributed by atoms with Crippen LogP contribution in [-0.2, 0) is 19.4 Å². The van der Waals surface area contributed by atoms with E-state index < -0.39 is 9.84 Å². The molecule has 0 radical (unpaired) electrons. The molecule has 3 aliphatic rings. The van der Waals surface area contributed by atoms with Crippen molar-refractivity contribution in [1.82, 2.24) is 19.7 Å². The van der Waals surface area contributed by atoms with Crippen LogP contribution in [0.4, 0.5) is 5.69 Å². The van der Waals surface area contributed by atoms with Crippen molar-refractivity contribution in [3.05, 3.63) is 30.1 Å². The molecule has 1 saturated heterocycles. The summed E-state index contributed by atoms with van der Waals surface area (Å²) in [6, 6.07) is 7.45. The lowest BCUT2D eigenvalue weighted by Crippen LogP contribution is -2.43. The number of carbonyl (C=O) groups is 2. The molecule has 0 bridgehead atoms. The molecule has 3 fully saturated rings. The zero-order chi connectivity index (χ0) is 23.2. The van der Waals surface area contributed by atoms with Crippen molar-refractivity contribution in [2.75, 3.05) is 22.6 Å². The van der Waals surface area contributed by atoms with Gasteiger partial charge in [-0.1, -0.05) is 17.8 Å². The Morgan fingerprint density at radius 3 is 2.58 bits per heavy atom. The van der Waals surface area contributed by atoms with Gasteiger partial charge in [0.1, 0.15) is 5.82 Å². The molecule has 2 aromatic rings. The molecule has 9 nitrogen and oxygen atoms in total. The van der Waals surface area contributed by atoms with E-state index in [2.05, 4.69) is 15.5 Å². The first-order chi connectivity index (χ1) is 15.8. The maximum Gasteiger partial charge on any atom is 0.233 e. The molecule has 11 heteroatoms. The number of aromatic nitrogens is 3. The van der Waals surface area contributed by atoms with E-state index in [1.54, 1.807) is 0 Å². The molecule has 2 amide bonds. The molecule has 1 unspecified atom stereocenters. The fourth-order valence-corrected chi connectivity index (χ4v) is 6.94. The molecule has 2 aliphatic carbocycles. The van der Waals surface area contributed by atoms with Gasteiger partial charge in [0.2, 0.25) is 11.8 Å². The lowest BCUT2D eigenvalue weighted by Gasteiger charge is -2.28. The predicted molar refractivity (Wildman–Crippen MR) is 125 cm³/mol. The summed E-state index contributed by atoms with van der Waals surface area (Å²) in [5.41, 5.74) is 1.52. The van der Waals surface area contributed by atoms with Gasteiger partial charge in [0.25, 0.3) is 0 Å². The average molecular weight is 490 g/mol. The molecule has 0 spiro atoms. The van der Waals surface area contributed by atoms with Gasteiger partial charge in [0, 0.05) is 30.6 Å². The Morgan fingerprint density at radius 2 is 1.94 bits per heavy atom. The summed E-state index contributed by atoms with van der Waals surface area (Å²) in [6.45, 7) is 1.47. The van der Waals surface area contributed by atoms with Crippen LogP contribution in [0.1, 0.15) is 50.8 Å². The van der Waals surface area contributed by atoms with Gasteiger partial charge in [-0.2, -0.15) is 0 Å². The molecule has 1 atom stereocenters. The highest BCUT2D eigenvalue weighted by Gasteiger charge is 2.42. The number of sulfone groups is 1. The highest BCUT2D eigenvalue weighted by atomic mass is 32.2. The second-order valence-corrected chi connectivity index (χ2v) is 12.2. The van der Waals surface area contributed by atoms with Crippen LogP contribution in [0.5, 0.6) is 0 Å². The zero-order valence-electron chi connectivity index (χ0n) is 18.4. The van der Waals surface area contributed by atoms with Gasteiger partial charge in [-0.15, -0.1) is 10.2 Å². The van der Waals surface area contributed by atoms with Crippen LogP contribution in [-0.4, -0.2) is 69.2 Å². The number of thioether (sulfide) groups is 1. The standard InChI is InChI=1S/C22H27N5O4S2/c1-14(28)23-16-3-2-4-18(11-16)27-21(15-5-6-15)24-25-22(27)32-12-20(29)26(17-7-8-17)19-9-10-33(30,31)13-19/h2-4,11,15,17,19H,5-10,12-13H2,1H3,(H,23,28). The molecule has 1 aliphatic heterocycles. The Morgan fingerprint density at radius 1 is 1.15 bits per heavy atom. The third-order valence-electron chi connectivity index (χ3n) is 6.18. The summed E-state index contributed by atoms with van der Waals surface area (Å²) in [7, 11) is -3.06. The number of carbonyl (C=O) groups excluding carboxylic acids is 2. The van der Waals surface area contributed by atoms with E-state index in [1.165, 1.54) is 18.7 Å². The third kappa shape index (κ3) is 5.08. The number of rotatable bonds is 8. The molecule has 1 aromatic heterocycles. The number of anilines is 1. The molecule has 2 heterocycles. The number of nitrogens with zero attached hydrogens (tertiary/aromatic N) is 4. The average Bonchev–Trinajstić information content (AvgIpc) is 3.68. The van der Waals surface area contributed by atoms with E-state index in [1.807, 2.05) is 33.7 Å². The molecule has 1 N–H and O–H groups in total. The van der Waals surface area contributed by atoms with Crippen molar-refractivity contribution in [2.24, 2.45) is 0 Å². The maximum atomic E-state index is 13.2. The molecular weight excluding hydrogens is 462 g/mol. The van der Waals surface area contributed by atoms with Gasteiger partial charge in [0.15, 0.2) is 15.0 Å². The summed E-state index contributed by atoms with van der Waals surface area (Å²) in [4.78, 5) is 26.5. The first-order valence-corrected chi connectivity index (χ1v) is 14.1. The van der Waals surface area contributed by atoms with Gasteiger partial charge < -0.3 is 10.2 Å². The Bertz CT molecular complexity index is 1190. The van der Waals surface area contributed by atoms with Crippen molar-refractivity contribution in [1.29, 1.82) is 0 Å². The lowest BCUT2D eigenvalue weighted by atomic mass is 10.2. The molecule has 5 rings (SSSR count). The Hall–Kier alpha value is -2.40. The van der Waals surface area contributed by atoms with E-state index in [0.29, 0.717) is 23.2 Å². The normalized spacial score (nSPS) is 21.7. The predicted octanol–water partition coefficient (Wildman–Crippen LogP) is 2.37. The maximum absolute atomic E-state index is 13.2. The fraction of sp³-hybridized carbons (Fsp3) is 0.545. The van der Waals surface area contributed by atoms with Crippen LogP contribution >= 0.6 is 11.8 Å². The van der Waals surface area contributed by atoms with E-state index in [4.69, 9.17) is 0 Å². The summed E-state index contributed by atoms with van der Waals surface area (Å²) in [6.07, 6.45) is 4.50. The van der Waals surface area contributed by atoms with E-state index in [-0.39, 0.29) is 41.2 Å². The monoisotopic (exact) mass is 489 g/mol. The number of hydrogen-bond acceptors (Lipinski definition) is 7. The van der Waals surface area contributed by atoms with Gasteiger partial charge in [-0.3, -0.25) is 14.2 Å². The molecule has 176 valence electrons. The van der Waals surface area contributed by atoms with Crippen LogP contribution in [0.3, 0.4) is 0 Å². The number of amides is 2. The van der Waals surface area contributed by atoms with Crippen LogP contribution < -0.4 is 5.32 Å². The highest BCUT2D eigenvalue weighted by Crippen LogP contribution is 2.41. The first kappa shape index (κ1) is 22.4. The van der Waals surface area contributed by atoms with E-state index in [0.717, 1.165) is 37.2 Å². The largest absolute Gasteiger partial charge is 0.335 e. The summed E-state index contributed by atoms with van der Waals surface area (Å²) < 4.78 is 25.9. The molecule has 2 saturated carbocycles. The smallest absolute Gasteiger partial charge is 0.233 e. The van der Waals surface area contributed by atoms with Gasteiger partial charge in [-0.25, -0.2) is 8.42 Å². The summed E-state index contributed by atoms with van der Waals surface area (Å²) in [5, 5.41) is 12.2. The SMILES string of the molecule is CC(=O)Nc1cccc(-n2c(SCC(=O)N(C3CC3)C3CCS(=O)(=O)C3)nnc2C2CC2)c1.